The number of halogens is 1. The maximum atomic E-state index is 12.9. The molecule has 0 spiro atoms. The van der Waals surface area contributed by atoms with Crippen LogP contribution < -0.4 is 5.73 Å². The molecule has 0 radical (unpaired) electrons. The Morgan fingerprint density at radius 2 is 1.81 bits per heavy atom. The van der Waals surface area contributed by atoms with Crippen LogP contribution in [-0.4, -0.2) is 64.9 Å². The molecule has 1 unspecified atom stereocenters. The van der Waals surface area contributed by atoms with E-state index >= 15 is 0 Å². The molecule has 146 valence electrons. The van der Waals surface area contributed by atoms with Gasteiger partial charge in [-0.1, -0.05) is 6.42 Å². The molecule has 1 saturated heterocycles. The fourth-order valence-corrected chi connectivity index (χ4v) is 4.05. The molecule has 1 aliphatic carbocycles. The minimum absolute atomic E-state index is 0.101. The quantitative estimate of drug-likeness (QED) is 0.491. The molecular formula is C19H24IN3O4. The predicted octanol–water partition coefficient (Wildman–Crippen LogP) is 0.901. The zero-order valence-corrected chi connectivity index (χ0v) is 17.4. The summed E-state index contributed by atoms with van der Waals surface area (Å²) in [4.78, 5) is 40.6. The van der Waals surface area contributed by atoms with Gasteiger partial charge >= 0.3 is 0 Å². The molecule has 1 atom stereocenters. The van der Waals surface area contributed by atoms with Gasteiger partial charge in [-0.15, -0.1) is 0 Å². The summed E-state index contributed by atoms with van der Waals surface area (Å²) in [6.45, 7) is 2.78. The van der Waals surface area contributed by atoms with Crippen molar-refractivity contribution in [3.8, 4) is 0 Å². The van der Waals surface area contributed by atoms with E-state index in [1.54, 1.807) is 11.0 Å². The molecule has 1 aliphatic heterocycles. The lowest BCUT2D eigenvalue weighted by atomic mass is 9.67. The summed E-state index contributed by atoms with van der Waals surface area (Å²) in [5.74, 6) is -1.09. The van der Waals surface area contributed by atoms with E-state index < -0.39 is 17.4 Å². The first-order chi connectivity index (χ1) is 12.7. The number of nitrogens with zero attached hydrogens (tertiary/aromatic N) is 2. The summed E-state index contributed by atoms with van der Waals surface area (Å²) < 4.78 is 1.08. The Labute approximate surface area is 172 Å². The highest BCUT2D eigenvalue weighted by atomic mass is 127. The van der Waals surface area contributed by atoms with Crippen molar-refractivity contribution in [2.24, 2.45) is 11.1 Å². The Morgan fingerprint density at radius 3 is 2.37 bits per heavy atom. The molecule has 7 nitrogen and oxygen atoms in total. The number of hydrogen-bond donors (Lipinski definition) is 2. The molecule has 1 aromatic rings. The van der Waals surface area contributed by atoms with E-state index in [0.717, 1.165) is 15.6 Å². The minimum Gasteiger partial charge on any atom is -0.389 e. The van der Waals surface area contributed by atoms with Gasteiger partial charge in [0.15, 0.2) is 0 Å². The Bertz CT molecular complexity index is 778. The maximum Gasteiger partial charge on any atom is 0.254 e. The van der Waals surface area contributed by atoms with Crippen molar-refractivity contribution in [3.05, 3.63) is 32.9 Å². The molecule has 0 bridgehead atoms. The van der Waals surface area contributed by atoms with Crippen molar-refractivity contribution in [2.75, 3.05) is 26.2 Å². The summed E-state index contributed by atoms with van der Waals surface area (Å²) in [6, 6.07) is 5.49. The first kappa shape index (κ1) is 20.1. The van der Waals surface area contributed by atoms with Gasteiger partial charge in [0.1, 0.15) is 5.41 Å². The highest BCUT2D eigenvalue weighted by molar-refractivity contribution is 14.1. The fraction of sp³-hybridized carbons (Fsp3) is 0.526. The van der Waals surface area contributed by atoms with Gasteiger partial charge in [-0.25, -0.2) is 0 Å². The number of rotatable bonds is 3. The third-order valence-corrected chi connectivity index (χ3v) is 6.78. The topological polar surface area (TPSA) is 104 Å². The van der Waals surface area contributed by atoms with Crippen molar-refractivity contribution in [3.63, 3.8) is 0 Å². The number of nitrogens with two attached hydrogens (primary N) is 1. The number of aliphatic hydroxyl groups is 1. The summed E-state index contributed by atoms with van der Waals surface area (Å²) in [7, 11) is 0. The highest BCUT2D eigenvalue weighted by Crippen LogP contribution is 2.42. The standard InChI is InChI=1S/C19H24IN3O4/c1-12-9-13(3-4-15(12)20)16(25)22-7-8-23(11-14(24)10-22)18(27)19(17(21)26)5-2-6-19/h3-4,9,14,24H,2,5-8,10-11H2,1H3,(H2,21,26). The van der Waals surface area contributed by atoms with E-state index in [1.807, 2.05) is 19.1 Å². The first-order valence-electron chi connectivity index (χ1n) is 9.07. The summed E-state index contributed by atoms with van der Waals surface area (Å²) in [5.41, 5.74) is 5.92. The van der Waals surface area contributed by atoms with Crippen LogP contribution in [0, 0.1) is 15.9 Å². The number of hydrogen-bond acceptors (Lipinski definition) is 4. The summed E-state index contributed by atoms with van der Waals surface area (Å²) in [5, 5.41) is 10.4. The zero-order valence-electron chi connectivity index (χ0n) is 15.3. The van der Waals surface area contributed by atoms with E-state index in [-0.39, 0.29) is 31.4 Å². The zero-order chi connectivity index (χ0) is 19.8. The average molecular weight is 485 g/mol. The van der Waals surface area contributed by atoms with Gasteiger partial charge in [0.25, 0.3) is 5.91 Å². The largest absolute Gasteiger partial charge is 0.389 e. The number of aliphatic hydroxyl groups excluding tert-OH is 1. The van der Waals surface area contributed by atoms with Crippen molar-refractivity contribution >= 4 is 40.3 Å². The smallest absolute Gasteiger partial charge is 0.254 e. The molecule has 3 rings (SSSR count). The number of carbonyl (C=O) groups is 3. The van der Waals surface area contributed by atoms with Gasteiger partial charge in [-0.05, 0) is 66.1 Å². The van der Waals surface area contributed by atoms with Gasteiger partial charge < -0.3 is 20.6 Å². The number of amides is 3. The van der Waals surface area contributed by atoms with Crippen molar-refractivity contribution in [1.82, 2.24) is 9.80 Å². The summed E-state index contributed by atoms with van der Waals surface area (Å²) >= 11 is 2.21. The van der Waals surface area contributed by atoms with Crippen LogP contribution in [-0.2, 0) is 9.59 Å². The monoisotopic (exact) mass is 485 g/mol. The second-order valence-electron chi connectivity index (χ2n) is 7.42. The van der Waals surface area contributed by atoms with Crippen LogP contribution in [0.3, 0.4) is 0 Å². The van der Waals surface area contributed by atoms with Crippen molar-refractivity contribution in [1.29, 1.82) is 0 Å². The number of primary amides is 1. The lowest BCUT2D eigenvalue weighted by Gasteiger charge is -2.40. The Hall–Kier alpha value is -1.68. The second-order valence-corrected chi connectivity index (χ2v) is 8.58. The highest BCUT2D eigenvalue weighted by Gasteiger charge is 2.51. The SMILES string of the molecule is Cc1cc(C(=O)N2CCN(C(=O)C3(C(N)=O)CCC3)CC(O)C2)ccc1I. The Kier molecular flexibility index (Phi) is 5.76. The van der Waals surface area contributed by atoms with Crippen LogP contribution >= 0.6 is 22.6 Å². The number of carbonyl (C=O) groups excluding carboxylic acids is 3. The lowest BCUT2D eigenvalue weighted by molar-refractivity contribution is -0.156. The molecule has 1 aromatic carbocycles. The summed E-state index contributed by atoms with van der Waals surface area (Å²) in [6.07, 6.45) is 0.841. The van der Waals surface area contributed by atoms with E-state index in [9.17, 15) is 19.5 Å². The van der Waals surface area contributed by atoms with E-state index in [4.69, 9.17) is 5.73 Å². The van der Waals surface area contributed by atoms with Crippen molar-refractivity contribution < 1.29 is 19.5 Å². The maximum absolute atomic E-state index is 12.9. The van der Waals surface area contributed by atoms with Gasteiger partial charge in [0, 0.05) is 35.3 Å². The van der Waals surface area contributed by atoms with Crippen LogP contribution in [0.2, 0.25) is 0 Å². The molecule has 1 saturated carbocycles. The number of benzene rings is 1. The van der Waals surface area contributed by atoms with Crippen LogP contribution in [0.1, 0.15) is 35.2 Å². The number of β-amino-alcohol motifs (C(OH)–C–C–N with tert-alkyl or cyclic N) is 1. The number of aryl methyl sites for hydroxylation is 1. The molecule has 1 heterocycles. The molecule has 2 fully saturated rings. The van der Waals surface area contributed by atoms with E-state index in [1.165, 1.54) is 4.90 Å². The first-order valence-corrected chi connectivity index (χ1v) is 10.2. The van der Waals surface area contributed by atoms with Crippen LogP contribution in [0.4, 0.5) is 0 Å². The van der Waals surface area contributed by atoms with Gasteiger partial charge in [0.05, 0.1) is 6.10 Å². The normalized spacial score (nSPS) is 22.0. The fourth-order valence-electron chi connectivity index (χ4n) is 3.72. The van der Waals surface area contributed by atoms with Crippen molar-refractivity contribution in [2.45, 2.75) is 32.3 Å². The second kappa shape index (κ2) is 7.75. The molecule has 0 aromatic heterocycles. The third-order valence-electron chi connectivity index (χ3n) is 5.57. The predicted molar refractivity (Wildman–Crippen MR) is 108 cm³/mol. The third kappa shape index (κ3) is 3.82. The average Bonchev–Trinajstić information content (AvgIpc) is 2.77. The molecule has 8 heteroatoms. The molecule has 27 heavy (non-hydrogen) atoms. The Morgan fingerprint density at radius 1 is 1.19 bits per heavy atom. The molecule has 3 N–H and O–H groups in total. The minimum atomic E-state index is -1.13. The van der Waals surface area contributed by atoms with Crippen LogP contribution in [0.15, 0.2) is 18.2 Å². The molecular weight excluding hydrogens is 461 g/mol. The van der Waals surface area contributed by atoms with E-state index in [0.29, 0.717) is 24.9 Å². The molecule has 2 aliphatic rings. The van der Waals surface area contributed by atoms with Gasteiger partial charge in [-0.2, -0.15) is 0 Å². The van der Waals surface area contributed by atoms with Crippen LogP contribution in [0.25, 0.3) is 0 Å². The molecule has 3 amide bonds. The van der Waals surface area contributed by atoms with Crippen LogP contribution in [0.5, 0.6) is 0 Å². The van der Waals surface area contributed by atoms with Gasteiger partial charge in [0.2, 0.25) is 11.8 Å². The van der Waals surface area contributed by atoms with Gasteiger partial charge in [-0.3, -0.25) is 14.4 Å². The Balaban J connectivity index is 1.74. The lowest BCUT2D eigenvalue weighted by Crippen LogP contribution is -2.56. The van der Waals surface area contributed by atoms with E-state index in [2.05, 4.69) is 22.6 Å².